The van der Waals surface area contributed by atoms with Gasteiger partial charge in [-0.25, -0.2) is 17.5 Å². The SMILES string of the molecule is CCCS(=O)(=O)NC[C@@H]1C=C(C)[C@H](CC(=O)NCc2ccc(F)cc2)C[C@H]1C(C)C. The van der Waals surface area contributed by atoms with Gasteiger partial charge in [0, 0.05) is 19.5 Å². The van der Waals surface area contributed by atoms with Crippen LogP contribution in [0.5, 0.6) is 0 Å². The van der Waals surface area contributed by atoms with Gasteiger partial charge < -0.3 is 5.32 Å². The van der Waals surface area contributed by atoms with Crippen molar-refractivity contribution in [2.75, 3.05) is 12.3 Å². The second-order valence-corrected chi connectivity index (χ2v) is 10.6. The lowest BCUT2D eigenvalue weighted by atomic mass is 9.70. The number of sulfonamides is 1. The Labute approximate surface area is 180 Å². The Bertz CT molecular complexity index is 835. The van der Waals surface area contributed by atoms with Crippen molar-refractivity contribution in [3.05, 3.63) is 47.3 Å². The van der Waals surface area contributed by atoms with Gasteiger partial charge in [0.1, 0.15) is 5.82 Å². The molecule has 7 heteroatoms. The van der Waals surface area contributed by atoms with Crippen molar-refractivity contribution >= 4 is 15.9 Å². The molecule has 3 atom stereocenters. The van der Waals surface area contributed by atoms with E-state index in [0.29, 0.717) is 37.8 Å². The summed E-state index contributed by atoms with van der Waals surface area (Å²) >= 11 is 0. The van der Waals surface area contributed by atoms with Crippen LogP contribution in [0.25, 0.3) is 0 Å². The third kappa shape index (κ3) is 7.51. The number of hydrogen-bond donors (Lipinski definition) is 2. The van der Waals surface area contributed by atoms with Gasteiger partial charge in [-0.15, -0.1) is 0 Å². The molecule has 5 nitrogen and oxygen atoms in total. The fourth-order valence-corrected chi connectivity index (χ4v) is 5.30. The summed E-state index contributed by atoms with van der Waals surface area (Å²) in [6.45, 7) is 8.97. The van der Waals surface area contributed by atoms with Gasteiger partial charge in [0.15, 0.2) is 0 Å². The van der Waals surface area contributed by atoms with E-state index in [1.165, 1.54) is 12.1 Å². The number of carbonyl (C=O) groups excluding carboxylic acids is 1. The minimum atomic E-state index is -3.23. The van der Waals surface area contributed by atoms with Crippen LogP contribution >= 0.6 is 0 Å². The molecule has 30 heavy (non-hydrogen) atoms. The van der Waals surface area contributed by atoms with E-state index in [4.69, 9.17) is 0 Å². The largest absolute Gasteiger partial charge is 0.352 e. The van der Waals surface area contributed by atoms with Gasteiger partial charge in [-0.3, -0.25) is 4.79 Å². The van der Waals surface area contributed by atoms with Crippen LogP contribution in [-0.2, 0) is 21.4 Å². The van der Waals surface area contributed by atoms with E-state index in [1.54, 1.807) is 12.1 Å². The number of nitrogens with one attached hydrogen (secondary N) is 2. The van der Waals surface area contributed by atoms with Crippen LogP contribution in [0.4, 0.5) is 4.39 Å². The molecule has 1 amide bonds. The zero-order valence-electron chi connectivity index (χ0n) is 18.4. The molecule has 0 aliphatic heterocycles. The first-order valence-corrected chi connectivity index (χ1v) is 12.4. The summed E-state index contributed by atoms with van der Waals surface area (Å²) in [6, 6.07) is 6.11. The molecule has 1 aliphatic rings. The molecule has 0 fully saturated rings. The lowest BCUT2D eigenvalue weighted by Gasteiger charge is -2.37. The third-order valence-corrected chi connectivity index (χ3v) is 7.48. The van der Waals surface area contributed by atoms with Crippen molar-refractivity contribution in [3.63, 3.8) is 0 Å². The second kappa shape index (κ2) is 11.0. The Morgan fingerprint density at radius 3 is 2.50 bits per heavy atom. The second-order valence-electron chi connectivity index (χ2n) is 8.69. The van der Waals surface area contributed by atoms with Crippen LogP contribution in [0.1, 0.15) is 52.5 Å². The van der Waals surface area contributed by atoms with Crippen LogP contribution < -0.4 is 10.0 Å². The maximum atomic E-state index is 13.0. The third-order valence-electron chi connectivity index (χ3n) is 5.93. The molecule has 168 valence electrons. The average Bonchev–Trinajstić information content (AvgIpc) is 2.67. The van der Waals surface area contributed by atoms with Crippen molar-refractivity contribution < 1.29 is 17.6 Å². The highest BCUT2D eigenvalue weighted by atomic mass is 32.2. The summed E-state index contributed by atoms with van der Waals surface area (Å²) in [5, 5.41) is 2.92. The van der Waals surface area contributed by atoms with E-state index in [1.807, 2.05) is 13.8 Å². The van der Waals surface area contributed by atoms with Gasteiger partial charge in [0.05, 0.1) is 5.75 Å². The van der Waals surface area contributed by atoms with E-state index >= 15 is 0 Å². The first-order valence-electron chi connectivity index (χ1n) is 10.8. The average molecular weight is 439 g/mol. The van der Waals surface area contributed by atoms with E-state index in [2.05, 4.69) is 30.0 Å². The molecule has 0 spiro atoms. The zero-order valence-corrected chi connectivity index (χ0v) is 19.3. The van der Waals surface area contributed by atoms with Crippen LogP contribution in [0.2, 0.25) is 0 Å². The molecule has 0 aromatic heterocycles. The molecule has 0 saturated heterocycles. The summed E-state index contributed by atoms with van der Waals surface area (Å²) in [7, 11) is -3.23. The van der Waals surface area contributed by atoms with E-state index in [9.17, 15) is 17.6 Å². The number of carbonyl (C=O) groups is 1. The van der Waals surface area contributed by atoms with Crippen molar-refractivity contribution in [3.8, 4) is 0 Å². The van der Waals surface area contributed by atoms with Gasteiger partial charge >= 0.3 is 0 Å². The maximum Gasteiger partial charge on any atom is 0.220 e. The summed E-state index contributed by atoms with van der Waals surface area (Å²) in [5.74, 6) is 0.809. The Morgan fingerprint density at radius 1 is 1.23 bits per heavy atom. The predicted molar refractivity (Wildman–Crippen MR) is 119 cm³/mol. The first kappa shape index (κ1) is 24.5. The van der Waals surface area contributed by atoms with Crippen molar-refractivity contribution in [2.45, 2.75) is 53.5 Å². The Balaban J connectivity index is 1.97. The molecule has 0 saturated carbocycles. The van der Waals surface area contributed by atoms with Crippen molar-refractivity contribution in [2.24, 2.45) is 23.7 Å². The molecule has 1 aromatic rings. The fraction of sp³-hybridized carbons (Fsp3) is 0.609. The molecular formula is C23H35FN2O3S. The lowest BCUT2D eigenvalue weighted by Crippen LogP contribution is -2.38. The van der Waals surface area contributed by atoms with Gasteiger partial charge in [-0.1, -0.05) is 44.6 Å². The molecular weight excluding hydrogens is 403 g/mol. The highest BCUT2D eigenvalue weighted by molar-refractivity contribution is 7.89. The van der Waals surface area contributed by atoms with Gasteiger partial charge in [-0.2, -0.15) is 0 Å². The molecule has 2 N–H and O–H groups in total. The number of rotatable bonds is 10. The van der Waals surface area contributed by atoms with Gasteiger partial charge in [0.25, 0.3) is 0 Å². The number of allylic oxidation sites excluding steroid dienone is 1. The topological polar surface area (TPSA) is 75.3 Å². The summed E-state index contributed by atoms with van der Waals surface area (Å²) in [6.07, 6.45) is 4.02. The molecule has 0 heterocycles. The number of benzene rings is 1. The first-order chi connectivity index (χ1) is 14.1. The molecule has 0 unspecified atom stereocenters. The molecule has 2 rings (SSSR count). The van der Waals surface area contributed by atoms with Crippen molar-refractivity contribution in [1.29, 1.82) is 0 Å². The molecule has 0 radical (unpaired) electrons. The van der Waals surface area contributed by atoms with E-state index < -0.39 is 10.0 Å². The standard InChI is InChI=1S/C23H35FN2O3S/c1-5-10-30(28,29)26-15-20-11-17(4)19(12-22(20)16(2)3)13-23(27)25-14-18-6-8-21(24)9-7-18/h6-9,11,16,19-20,22,26H,5,10,12-15H2,1-4H3,(H,25,27)/t19-,20-,22-/m0/s1. The van der Waals surface area contributed by atoms with Gasteiger partial charge in [0.2, 0.25) is 15.9 Å². The lowest BCUT2D eigenvalue weighted by molar-refractivity contribution is -0.122. The quantitative estimate of drug-likeness (QED) is 0.542. The zero-order chi connectivity index (χ0) is 22.3. The maximum absolute atomic E-state index is 13.0. The highest BCUT2D eigenvalue weighted by Crippen LogP contribution is 2.38. The summed E-state index contributed by atoms with van der Waals surface area (Å²) in [5.41, 5.74) is 2.00. The normalized spacial score (nSPS) is 22.1. The summed E-state index contributed by atoms with van der Waals surface area (Å²) in [4.78, 5) is 12.5. The van der Waals surface area contributed by atoms with Crippen LogP contribution in [0, 0.1) is 29.5 Å². The number of amides is 1. The van der Waals surface area contributed by atoms with Crippen molar-refractivity contribution in [1.82, 2.24) is 10.0 Å². The number of hydrogen-bond acceptors (Lipinski definition) is 3. The van der Waals surface area contributed by atoms with Gasteiger partial charge in [-0.05, 0) is 61.1 Å². The fourth-order valence-electron chi connectivity index (χ4n) is 4.17. The number of halogens is 1. The minimum Gasteiger partial charge on any atom is -0.352 e. The predicted octanol–water partition coefficient (Wildman–Crippen LogP) is 4.02. The summed E-state index contributed by atoms with van der Waals surface area (Å²) < 4.78 is 39.8. The monoisotopic (exact) mass is 438 g/mol. The van der Waals surface area contributed by atoms with E-state index in [-0.39, 0.29) is 29.3 Å². The smallest absolute Gasteiger partial charge is 0.220 e. The Kier molecular flexibility index (Phi) is 9.04. The Hall–Kier alpha value is -1.73. The molecule has 0 bridgehead atoms. The van der Waals surface area contributed by atoms with E-state index in [0.717, 1.165) is 17.6 Å². The minimum absolute atomic E-state index is 0.0262. The Morgan fingerprint density at radius 2 is 1.90 bits per heavy atom. The highest BCUT2D eigenvalue weighted by Gasteiger charge is 2.33. The molecule has 1 aliphatic carbocycles. The van der Waals surface area contributed by atoms with Crippen LogP contribution in [0.15, 0.2) is 35.9 Å². The van der Waals surface area contributed by atoms with Crippen LogP contribution in [0.3, 0.4) is 0 Å². The molecule has 1 aromatic carbocycles. The van der Waals surface area contributed by atoms with Crippen LogP contribution in [-0.4, -0.2) is 26.6 Å².